The quantitative estimate of drug-likeness (QED) is 0.462. The first-order valence-corrected chi connectivity index (χ1v) is 6.53. The van der Waals surface area contributed by atoms with E-state index in [9.17, 15) is 19.7 Å². The average molecular weight is 309 g/mol. The van der Waals surface area contributed by atoms with Gasteiger partial charge in [0.05, 0.1) is 10.5 Å². The molecular weight excluding hydrogens is 290 g/mol. The zero-order valence-corrected chi connectivity index (χ0v) is 13.2. The van der Waals surface area contributed by atoms with Crippen LogP contribution in [0.4, 0.5) is 11.4 Å². The summed E-state index contributed by atoms with van der Waals surface area (Å²) in [6, 6.07) is 4.04. The van der Waals surface area contributed by atoms with Gasteiger partial charge in [0.25, 0.3) is 11.6 Å². The van der Waals surface area contributed by atoms with Crippen molar-refractivity contribution in [1.82, 2.24) is 4.90 Å². The lowest BCUT2D eigenvalue weighted by atomic mass is 10.1. The number of hydrogen-bond donors (Lipinski definition) is 0. The number of nitrogens with zero attached hydrogens (tertiary/aromatic N) is 3. The van der Waals surface area contributed by atoms with Crippen LogP contribution in [-0.4, -0.2) is 56.0 Å². The van der Waals surface area contributed by atoms with Crippen molar-refractivity contribution in [2.75, 3.05) is 33.1 Å². The molecule has 1 amide bonds. The fourth-order valence-electron chi connectivity index (χ4n) is 1.82. The molecule has 0 heterocycles. The average Bonchev–Trinajstić information content (AvgIpc) is 2.45. The van der Waals surface area contributed by atoms with Gasteiger partial charge in [-0.25, -0.2) is 4.79 Å². The molecule has 8 nitrogen and oxygen atoms in total. The third-order valence-corrected chi connectivity index (χ3v) is 2.96. The highest BCUT2D eigenvalue weighted by Gasteiger charge is 2.23. The fraction of sp³-hybridized carbons (Fsp3) is 0.429. The second kappa shape index (κ2) is 6.88. The van der Waals surface area contributed by atoms with Crippen LogP contribution >= 0.6 is 0 Å². The number of rotatable bonds is 5. The zero-order chi connectivity index (χ0) is 17.0. The monoisotopic (exact) mass is 309 g/mol. The fourth-order valence-corrected chi connectivity index (χ4v) is 1.82. The van der Waals surface area contributed by atoms with Crippen LogP contribution in [0, 0.1) is 10.1 Å². The molecule has 1 atom stereocenters. The summed E-state index contributed by atoms with van der Waals surface area (Å²) in [6.45, 7) is 1.45. The van der Waals surface area contributed by atoms with E-state index < -0.39 is 17.0 Å². The molecule has 0 saturated heterocycles. The Hall–Kier alpha value is -2.64. The van der Waals surface area contributed by atoms with Crippen molar-refractivity contribution in [2.45, 2.75) is 13.0 Å². The lowest BCUT2D eigenvalue weighted by molar-refractivity contribution is -0.384. The maximum atomic E-state index is 12.0. The van der Waals surface area contributed by atoms with Crippen LogP contribution in [0.15, 0.2) is 18.2 Å². The SMILES string of the molecule is C[C@@H](OC(=O)c1ccc(N(C)C)c([N+](=O)[O-])c1)C(=O)N(C)C. The van der Waals surface area contributed by atoms with E-state index in [-0.39, 0.29) is 17.2 Å². The van der Waals surface area contributed by atoms with Gasteiger partial charge in [0.15, 0.2) is 6.10 Å². The summed E-state index contributed by atoms with van der Waals surface area (Å²) in [4.78, 5) is 37.1. The van der Waals surface area contributed by atoms with Crippen molar-refractivity contribution in [1.29, 1.82) is 0 Å². The number of carbonyl (C=O) groups excluding carboxylic acids is 2. The first-order valence-electron chi connectivity index (χ1n) is 6.53. The van der Waals surface area contributed by atoms with Crippen LogP contribution in [-0.2, 0) is 9.53 Å². The molecule has 0 N–H and O–H groups in total. The van der Waals surface area contributed by atoms with E-state index in [2.05, 4.69) is 0 Å². The maximum Gasteiger partial charge on any atom is 0.339 e. The third kappa shape index (κ3) is 3.94. The van der Waals surface area contributed by atoms with Gasteiger partial charge in [-0.05, 0) is 19.1 Å². The van der Waals surface area contributed by atoms with E-state index in [1.165, 1.54) is 24.0 Å². The van der Waals surface area contributed by atoms with Crippen LogP contribution < -0.4 is 4.90 Å². The molecule has 1 rings (SSSR count). The van der Waals surface area contributed by atoms with E-state index in [1.807, 2.05) is 0 Å². The minimum absolute atomic E-state index is 0.0238. The first-order chi connectivity index (χ1) is 10.1. The highest BCUT2D eigenvalue weighted by atomic mass is 16.6. The van der Waals surface area contributed by atoms with E-state index in [0.29, 0.717) is 5.69 Å². The molecule has 0 bridgehead atoms. The molecular formula is C14H19N3O5. The Morgan fingerprint density at radius 1 is 1.23 bits per heavy atom. The summed E-state index contributed by atoms with van der Waals surface area (Å²) < 4.78 is 5.03. The summed E-state index contributed by atoms with van der Waals surface area (Å²) in [7, 11) is 6.42. The summed E-state index contributed by atoms with van der Waals surface area (Å²) in [5, 5.41) is 11.1. The largest absolute Gasteiger partial charge is 0.449 e. The number of amides is 1. The summed E-state index contributed by atoms with van der Waals surface area (Å²) in [5.74, 6) is -1.15. The maximum absolute atomic E-state index is 12.0. The minimum atomic E-state index is -0.963. The van der Waals surface area contributed by atoms with Crippen LogP contribution in [0.2, 0.25) is 0 Å². The number of benzene rings is 1. The van der Waals surface area contributed by atoms with Gasteiger partial charge in [-0.1, -0.05) is 0 Å². The number of anilines is 1. The Bertz CT molecular complexity index is 598. The van der Waals surface area contributed by atoms with Crippen molar-refractivity contribution >= 4 is 23.3 Å². The lowest BCUT2D eigenvalue weighted by Crippen LogP contribution is -2.34. The molecule has 0 unspecified atom stereocenters. The molecule has 0 aliphatic rings. The van der Waals surface area contributed by atoms with Gasteiger partial charge in [-0.3, -0.25) is 14.9 Å². The number of esters is 1. The van der Waals surface area contributed by atoms with Gasteiger partial charge in [0.2, 0.25) is 0 Å². The van der Waals surface area contributed by atoms with E-state index in [1.54, 1.807) is 33.1 Å². The number of hydrogen-bond acceptors (Lipinski definition) is 6. The van der Waals surface area contributed by atoms with Crippen LogP contribution in [0.3, 0.4) is 0 Å². The lowest BCUT2D eigenvalue weighted by Gasteiger charge is -2.17. The number of ether oxygens (including phenoxy) is 1. The van der Waals surface area contributed by atoms with Gasteiger partial charge in [0, 0.05) is 34.3 Å². The molecule has 1 aromatic rings. The Morgan fingerprint density at radius 3 is 2.27 bits per heavy atom. The molecule has 0 fully saturated rings. The number of nitro groups is 1. The highest BCUT2D eigenvalue weighted by Crippen LogP contribution is 2.28. The van der Waals surface area contributed by atoms with E-state index in [0.717, 1.165) is 6.07 Å². The van der Waals surface area contributed by atoms with Gasteiger partial charge >= 0.3 is 5.97 Å². The highest BCUT2D eigenvalue weighted by molar-refractivity contribution is 5.93. The van der Waals surface area contributed by atoms with Crippen molar-refractivity contribution < 1.29 is 19.2 Å². The normalized spacial score (nSPS) is 11.5. The molecule has 0 aliphatic carbocycles. The molecule has 0 aromatic heterocycles. The summed E-state index contributed by atoms with van der Waals surface area (Å²) >= 11 is 0. The molecule has 0 aliphatic heterocycles. The Kier molecular flexibility index (Phi) is 5.44. The molecule has 120 valence electrons. The molecule has 0 saturated carbocycles. The number of nitro benzene ring substituents is 1. The van der Waals surface area contributed by atoms with E-state index >= 15 is 0 Å². The predicted molar refractivity (Wildman–Crippen MR) is 81.0 cm³/mol. The molecule has 22 heavy (non-hydrogen) atoms. The topological polar surface area (TPSA) is 93.0 Å². The van der Waals surface area contributed by atoms with Gasteiger partial charge in [0.1, 0.15) is 5.69 Å². The van der Waals surface area contributed by atoms with Crippen molar-refractivity contribution in [3.63, 3.8) is 0 Å². The van der Waals surface area contributed by atoms with Crippen molar-refractivity contribution in [3.8, 4) is 0 Å². The van der Waals surface area contributed by atoms with E-state index in [4.69, 9.17) is 4.74 Å². The van der Waals surface area contributed by atoms with Crippen molar-refractivity contribution in [2.24, 2.45) is 0 Å². The van der Waals surface area contributed by atoms with Crippen molar-refractivity contribution in [3.05, 3.63) is 33.9 Å². The van der Waals surface area contributed by atoms with Crippen LogP contribution in [0.5, 0.6) is 0 Å². The molecule has 0 radical (unpaired) electrons. The second-order valence-electron chi connectivity index (χ2n) is 5.14. The Morgan fingerprint density at radius 2 is 1.82 bits per heavy atom. The second-order valence-corrected chi connectivity index (χ2v) is 5.14. The van der Waals surface area contributed by atoms with Crippen LogP contribution in [0.1, 0.15) is 17.3 Å². The van der Waals surface area contributed by atoms with Gasteiger partial charge in [-0.2, -0.15) is 0 Å². The molecule has 8 heteroatoms. The number of carbonyl (C=O) groups is 2. The first kappa shape index (κ1) is 17.4. The van der Waals surface area contributed by atoms with Gasteiger partial charge < -0.3 is 14.5 Å². The molecule has 0 spiro atoms. The van der Waals surface area contributed by atoms with Crippen LogP contribution in [0.25, 0.3) is 0 Å². The predicted octanol–water partition coefficient (Wildman–Crippen LogP) is 1.29. The minimum Gasteiger partial charge on any atom is -0.449 e. The smallest absolute Gasteiger partial charge is 0.339 e. The zero-order valence-electron chi connectivity index (χ0n) is 13.2. The Balaban J connectivity index is 3.02. The summed E-state index contributed by atoms with van der Waals surface area (Å²) in [6.07, 6.45) is -0.963. The summed E-state index contributed by atoms with van der Waals surface area (Å²) in [5.41, 5.74) is 0.195. The van der Waals surface area contributed by atoms with Gasteiger partial charge in [-0.15, -0.1) is 0 Å². The standard InChI is InChI=1S/C14H19N3O5/c1-9(13(18)16(4)5)22-14(19)10-6-7-11(15(2)3)12(8-10)17(20)21/h6-9H,1-5H3/t9-/m1/s1. The molecule has 1 aromatic carbocycles. The Labute approximate surface area is 128 Å². The number of likely N-dealkylation sites (N-methyl/N-ethyl adjacent to an activating group) is 1. The third-order valence-electron chi connectivity index (χ3n) is 2.96.